The lowest BCUT2D eigenvalue weighted by Crippen LogP contribution is -2.56. The number of benzene rings is 3. The van der Waals surface area contributed by atoms with Crippen LogP contribution in [0.25, 0.3) is 11.1 Å². The maximum Gasteiger partial charge on any atom is 0.329 e. The fourth-order valence-corrected chi connectivity index (χ4v) is 4.22. The molecule has 0 bridgehead atoms. The van der Waals surface area contributed by atoms with E-state index in [0.717, 1.165) is 29.3 Å². The van der Waals surface area contributed by atoms with E-state index in [9.17, 15) is 23.5 Å². The predicted octanol–water partition coefficient (Wildman–Crippen LogP) is 5.39. The van der Waals surface area contributed by atoms with Crippen LogP contribution in [-0.2, 0) is 22.6 Å². The molecule has 0 radical (unpaired) electrons. The zero-order chi connectivity index (χ0) is 27.9. The standard InChI is InChI=1S/C29H31F2NO6/c1-5-29(28(34)35,32-27(33)26-21(30)8-7-9-22(26)31)16-18-10-12-20(13-11-18)25-23(36-3)14-19(17-38-6-2)15-24(25)37-4/h7-15H,5-6,16-17H2,1-4H3,(H,32,33)(H,34,35)/t29-/m0/s1. The number of ether oxygens (including phenoxy) is 3. The largest absolute Gasteiger partial charge is 0.496 e. The van der Waals surface area contributed by atoms with Gasteiger partial charge in [0.15, 0.2) is 0 Å². The second-order valence-electron chi connectivity index (χ2n) is 8.68. The van der Waals surface area contributed by atoms with Crippen molar-refractivity contribution in [3.05, 3.63) is 82.9 Å². The van der Waals surface area contributed by atoms with Crippen molar-refractivity contribution >= 4 is 11.9 Å². The fraction of sp³-hybridized carbons (Fsp3) is 0.310. The molecule has 2 N–H and O–H groups in total. The average Bonchev–Trinajstić information content (AvgIpc) is 2.91. The van der Waals surface area contributed by atoms with Gasteiger partial charge in [-0.3, -0.25) is 4.79 Å². The number of halogens is 2. The lowest BCUT2D eigenvalue weighted by molar-refractivity contribution is -0.144. The van der Waals surface area contributed by atoms with Crippen molar-refractivity contribution < 1.29 is 37.7 Å². The van der Waals surface area contributed by atoms with Crippen LogP contribution < -0.4 is 14.8 Å². The molecule has 0 aliphatic rings. The highest BCUT2D eigenvalue weighted by atomic mass is 19.1. The maximum atomic E-state index is 14.1. The Morgan fingerprint density at radius 2 is 1.50 bits per heavy atom. The number of carboxylic acid groups (broad SMARTS) is 1. The van der Waals surface area contributed by atoms with Gasteiger partial charge in [-0.1, -0.05) is 37.3 Å². The molecule has 7 nitrogen and oxygen atoms in total. The molecule has 3 aromatic rings. The number of nitrogens with one attached hydrogen (secondary N) is 1. The van der Waals surface area contributed by atoms with E-state index in [4.69, 9.17) is 14.2 Å². The Morgan fingerprint density at radius 1 is 0.921 bits per heavy atom. The molecule has 0 heterocycles. The van der Waals surface area contributed by atoms with Crippen molar-refractivity contribution in [1.82, 2.24) is 5.32 Å². The van der Waals surface area contributed by atoms with Crippen LogP contribution in [0.2, 0.25) is 0 Å². The third-order valence-corrected chi connectivity index (χ3v) is 6.34. The molecule has 9 heteroatoms. The minimum atomic E-state index is -1.79. The Labute approximate surface area is 220 Å². The number of carbonyl (C=O) groups excluding carboxylic acids is 1. The van der Waals surface area contributed by atoms with E-state index in [2.05, 4.69) is 5.32 Å². The quantitative estimate of drug-likeness (QED) is 0.328. The Balaban J connectivity index is 1.92. The smallest absolute Gasteiger partial charge is 0.329 e. The van der Waals surface area contributed by atoms with Crippen LogP contribution in [0.15, 0.2) is 54.6 Å². The summed E-state index contributed by atoms with van der Waals surface area (Å²) in [6.45, 7) is 4.46. The lowest BCUT2D eigenvalue weighted by Gasteiger charge is -2.30. The fourth-order valence-electron chi connectivity index (χ4n) is 4.22. The van der Waals surface area contributed by atoms with E-state index in [0.29, 0.717) is 35.8 Å². The van der Waals surface area contributed by atoms with E-state index in [1.54, 1.807) is 45.4 Å². The minimum Gasteiger partial charge on any atom is -0.496 e. The van der Waals surface area contributed by atoms with Crippen molar-refractivity contribution in [2.45, 2.75) is 38.8 Å². The van der Waals surface area contributed by atoms with Gasteiger partial charge in [0.25, 0.3) is 5.91 Å². The van der Waals surface area contributed by atoms with Crippen LogP contribution in [0.3, 0.4) is 0 Å². The Hall–Kier alpha value is -3.98. The van der Waals surface area contributed by atoms with Crippen LogP contribution in [0.4, 0.5) is 8.78 Å². The van der Waals surface area contributed by atoms with Crippen molar-refractivity contribution in [3.8, 4) is 22.6 Å². The summed E-state index contributed by atoms with van der Waals surface area (Å²) in [6.07, 6.45) is -0.128. The molecule has 0 aliphatic heterocycles. The zero-order valence-corrected chi connectivity index (χ0v) is 21.8. The third kappa shape index (κ3) is 6.11. The van der Waals surface area contributed by atoms with Crippen molar-refractivity contribution in [2.24, 2.45) is 0 Å². The maximum absolute atomic E-state index is 14.1. The number of methoxy groups -OCH3 is 2. The van der Waals surface area contributed by atoms with E-state index in [1.807, 2.05) is 19.1 Å². The number of rotatable bonds is 12. The number of carbonyl (C=O) groups is 2. The van der Waals surface area contributed by atoms with Gasteiger partial charge in [0, 0.05) is 13.0 Å². The van der Waals surface area contributed by atoms with Gasteiger partial charge in [0.05, 0.1) is 26.4 Å². The van der Waals surface area contributed by atoms with Crippen LogP contribution in [-0.4, -0.2) is 43.3 Å². The molecule has 0 saturated carbocycles. The first-order chi connectivity index (χ1) is 18.2. The summed E-state index contributed by atoms with van der Waals surface area (Å²) >= 11 is 0. The number of hydrogen-bond acceptors (Lipinski definition) is 5. The van der Waals surface area contributed by atoms with Gasteiger partial charge >= 0.3 is 5.97 Å². The minimum absolute atomic E-state index is 0.0190. The van der Waals surface area contributed by atoms with Gasteiger partial charge in [-0.25, -0.2) is 13.6 Å². The SMILES string of the molecule is CCOCc1cc(OC)c(-c2ccc(C[C@](CC)(NC(=O)c3c(F)cccc3F)C(=O)O)cc2)c(OC)c1. The topological polar surface area (TPSA) is 94.1 Å². The Morgan fingerprint density at radius 3 is 1.97 bits per heavy atom. The third-order valence-electron chi connectivity index (χ3n) is 6.34. The molecule has 202 valence electrons. The van der Waals surface area contributed by atoms with Crippen molar-refractivity contribution in [1.29, 1.82) is 0 Å². The molecule has 0 spiro atoms. The summed E-state index contributed by atoms with van der Waals surface area (Å²) < 4.78 is 45.0. The highest BCUT2D eigenvalue weighted by molar-refractivity contribution is 5.98. The predicted molar refractivity (Wildman–Crippen MR) is 138 cm³/mol. The molecular formula is C29H31F2NO6. The number of carboxylic acids is 1. The van der Waals surface area contributed by atoms with Gasteiger partial charge in [0.1, 0.15) is 34.2 Å². The van der Waals surface area contributed by atoms with E-state index in [1.165, 1.54) is 0 Å². The summed E-state index contributed by atoms with van der Waals surface area (Å²) in [5, 5.41) is 12.4. The molecule has 0 fully saturated rings. The molecule has 3 aromatic carbocycles. The molecule has 0 aromatic heterocycles. The summed E-state index contributed by atoms with van der Waals surface area (Å²) in [5.74, 6) is -3.43. The van der Waals surface area contributed by atoms with E-state index < -0.39 is 34.6 Å². The van der Waals surface area contributed by atoms with E-state index in [-0.39, 0.29) is 12.8 Å². The van der Waals surface area contributed by atoms with Gasteiger partial charge in [0.2, 0.25) is 0 Å². The Bertz CT molecular complexity index is 1250. The first-order valence-electron chi connectivity index (χ1n) is 12.1. The molecule has 0 unspecified atom stereocenters. The normalized spacial score (nSPS) is 12.5. The Kier molecular flexibility index (Phi) is 9.41. The highest BCUT2D eigenvalue weighted by Gasteiger charge is 2.39. The van der Waals surface area contributed by atoms with Gasteiger partial charge in [-0.05, 0) is 54.3 Å². The monoisotopic (exact) mass is 527 g/mol. The molecule has 1 amide bonds. The molecule has 0 saturated heterocycles. The van der Waals surface area contributed by atoms with Crippen LogP contribution in [0, 0.1) is 11.6 Å². The van der Waals surface area contributed by atoms with Gasteiger partial charge < -0.3 is 24.6 Å². The van der Waals surface area contributed by atoms with Gasteiger partial charge in [-0.15, -0.1) is 0 Å². The molecule has 38 heavy (non-hydrogen) atoms. The molecule has 3 rings (SSSR count). The number of hydrogen-bond donors (Lipinski definition) is 2. The summed E-state index contributed by atoms with van der Waals surface area (Å²) in [4.78, 5) is 25.0. The molecular weight excluding hydrogens is 496 g/mol. The summed E-state index contributed by atoms with van der Waals surface area (Å²) in [7, 11) is 3.11. The first-order valence-corrected chi connectivity index (χ1v) is 12.1. The average molecular weight is 528 g/mol. The summed E-state index contributed by atoms with van der Waals surface area (Å²) in [5.41, 5.74) is 0.346. The molecule has 1 atom stereocenters. The molecule has 0 aliphatic carbocycles. The lowest BCUT2D eigenvalue weighted by atomic mass is 9.87. The highest BCUT2D eigenvalue weighted by Crippen LogP contribution is 2.40. The second kappa shape index (κ2) is 12.5. The number of aliphatic carboxylic acids is 1. The van der Waals surface area contributed by atoms with Crippen LogP contribution in [0.5, 0.6) is 11.5 Å². The first kappa shape index (κ1) is 28.6. The van der Waals surface area contributed by atoms with Crippen molar-refractivity contribution in [2.75, 3.05) is 20.8 Å². The van der Waals surface area contributed by atoms with Gasteiger partial charge in [-0.2, -0.15) is 0 Å². The summed E-state index contributed by atoms with van der Waals surface area (Å²) in [6, 6.07) is 13.8. The zero-order valence-electron chi connectivity index (χ0n) is 21.8. The number of amides is 1. The van der Waals surface area contributed by atoms with E-state index >= 15 is 0 Å². The van der Waals surface area contributed by atoms with Crippen molar-refractivity contribution in [3.63, 3.8) is 0 Å². The van der Waals surface area contributed by atoms with Crippen LogP contribution >= 0.6 is 0 Å². The van der Waals surface area contributed by atoms with Crippen LogP contribution in [0.1, 0.15) is 41.8 Å². The second-order valence-corrected chi connectivity index (χ2v) is 8.68.